The summed E-state index contributed by atoms with van der Waals surface area (Å²) in [5.74, 6) is -0.441. The number of pyridine rings is 1. The SMILES string of the molecule is COC(=O)/C=C/[C@@H]1CC[C@H](c2cccnc2)N1C(=O)OC(C)(C)C. The van der Waals surface area contributed by atoms with Crippen molar-refractivity contribution < 1.29 is 19.1 Å². The molecule has 0 spiro atoms. The molecule has 0 N–H and O–H groups in total. The standard InChI is InChI=1S/C18H24N2O4/c1-18(2,3)24-17(22)20-14(8-10-16(21)23-4)7-9-15(20)13-6-5-11-19-12-13/h5-6,8,10-12,14-15H,7,9H2,1-4H3/b10-8+/t14-,15+/m0/s1. The number of nitrogens with zero attached hydrogens (tertiary/aromatic N) is 2. The smallest absolute Gasteiger partial charge is 0.411 e. The predicted molar refractivity (Wildman–Crippen MR) is 89.2 cm³/mol. The van der Waals surface area contributed by atoms with Crippen LogP contribution >= 0.6 is 0 Å². The fourth-order valence-corrected chi connectivity index (χ4v) is 2.76. The van der Waals surface area contributed by atoms with Gasteiger partial charge in [0.05, 0.1) is 19.2 Å². The van der Waals surface area contributed by atoms with Gasteiger partial charge in [-0.15, -0.1) is 0 Å². The number of rotatable bonds is 3. The van der Waals surface area contributed by atoms with Gasteiger partial charge in [-0.1, -0.05) is 12.1 Å². The summed E-state index contributed by atoms with van der Waals surface area (Å²) in [6, 6.07) is 3.45. The molecule has 0 saturated carbocycles. The summed E-state index contributed by atoms with van der Waals surface area (Å²) in [7, 11) is 1.32. The van der Waals surface area contributed by atoms with E-state index >= 15 is 0 Å². The van der Waals surface area contributed by atoms with Crippen molar-refractivity contribution in [1.29, 1.82) is 0 Å². The molecule has 1 amide bonds. The van der Waals surface area contributed by atoms with Crippen molar-refractivity contribution in [2.75, 3.05) is 7.11 Å². The molecule has 1 aliphatic heterocycles. The van der Waals surface area contributed by atoms with E-state index in [4.69, 9.17) is 4.74 Å². The molecule has 2 rings (SSSR count). The Morgan fingerprint density at radius 3 is 2.67 bits per heavy atom. The fourth-order valence-electron chi connectivity index (χ4n) is 2.76. The monoisotopic (exact) mass is 332 g/mol. The summed E-state index contributed by atoms with van der Waals surface area (Å²) < 4.78 is 10.2. The third-order valence-corrected chi connectivity index (χ3v) is 3.76. The average molecular weight is 332 g/mol. The van der Waals surface area contributed by atoms with Crippen LogP contribution < -0.4 is 0 Å². The average Bonchev–Trinajstić information content (AvgIpc) is 2.95. The van der Waals surface area contributed by atoms with E-state index in [2.05, 4.69) is 9.72 Å². The van der Waals surface area contributed by atoms with Crippen molar-refractivity contribution in [2.24, 2.45) is 0 Å². The number of hydrogen-bond donors (Lipinski definition) is 0. The second-order valence-corrected chi connectivity index (χ2v) is 6.72. The molecule has 130 valence electrons. The van der Waals surface area contributed by atoms with Crippen molar-refractivity contribution in [3.63, 3.8) is 0 Å². The maximum atomic E-state index is 12.7. The van der Waals surface area contributed by atoms with Gasteiger partial charge in [-0.3, -0.25) is 9.88 Å². The molecule has 0 bridgehead atoms. The van der Waals surface area contributed by atoms with Crippen LogP contribution in [0.25, 0.3) is 0 Å². The van der Waals surface area contributed by atoms with Crippen LogP contribution in [0.1, 0.15) is 45.2 Å². The maximum absolute atomic E-state index is 12.7. The van der Waals surface area contributed by atoms with Crippen LogP contribution in [-0.4, -0.2) is 40.7 Å². The molecule has 1 fully saturated rings. The normalized spacial score (nSPS) is 21.1. The number of ether oxygens (including phenoxy) is 2. The Balaban J connectivity index is 2.27. The molecular formula is C18H24N2O4. The molecule has 1 saturated heterocycles. The van der Waals surface area contributed by atoms with Crippen molar-refractivity contribution >= 4 is 12.1 Å². The molecular weight excluding hydrogens is 308 g/mol. The highest BCUT2D eigenvalue weighted by Crippen LogP contribution is 2.37. The highest BCUT2D eigenvalue weighted by atomic mass is 16.6. The van der Waals surface area contributed by atoms with E-state index in [1.807, 2.05) is 32.9 Å². The van der Waals surface area contributed by atoms with Crippen molar-refractivity contribution in [3.8, 4) is 0 Å². The van der Waals surface area contributed by atoms with Crippen molar-refractivity contribution in [1.82, 2.24) is 9.88 Å². The number of esters is 1. The lowest BCUT2D eigenvalue weighted by Gasteiger charge is -2.31. The lowest BCUT2D eigenvalue weighted by molar-refractivity contribution is -0.134. The van der Waals surface area contributed by atoms with Crippen LogP contribution in [0.15, 0.2) is 36.7 Å². The minimum atomic E-state index is -0.588. The number of amides is 1. The molecule has 6 heteroatoms. The number of likely N-dealkylation sites (tertiary alicyclic amines) is 1. The number of methoxy groups -OCH3 is 1. The Labute approximate surface area is 142 Å². The minimum absolute atomic E-state index is 0.124. The first-order chi connectivity index (χ1) is 11.3. The molecule has 2 heterocycles. The Morgan fingerprint density at radius 1 is 1.33 bits per heavy atom. The van der Waals surface area contributed by atoms with Gasteiger partial charge in [0.25, 0.3) is 0 Å². The molecule has 0 aliphatic carbocycles. The molecule has 2 atom stereocenters. The molecule has 1 aliphatic rings. The van der Waals surface area contributed by atoms with E-state index in [-0.39, 0.29) is 12.1 Å². The quantitative estimate of drug-likeness (QED) is 0.628. The van der Waals surface area contributed by atoms with Gasteiger partial charge >= 0.3 is 12.1 Å². The first-order valence-corrected chi connectivity index (χ1v) is 7.99. The Kier molecular flexibility index (Phi) is 5.59. The van der Waals surface area contributed by atoms with Gasteiger partial charge in [0.1, 0.15) is 5.60 Å². The summed E-state index contributed by atoms with van der Waals surface area (Å²) in [6.07, 6.45) is 7.64. The molecule has 0 aromatic carbocycles. The van der Waals surface area contributed by atoms with E-state index in [9.17, 15) is 9.59 Å². The number of hydrogen-bond acceptors (Lipinski definition) is 5. The first-order valence-electron chi connectivity index (χ1n) is 7.99. The van der Waals surface area contributed by atoms with Gasteiger partial charge in [0.2, 0.25) is 0 Å². The zero-order valence-corrected chi connectivity index (χ0v) is 14.6. The first kappa shape index (κ1) is 18.0. The van der Waals surface area contributed by atoms with Crippen molar-refractivity contribution in [3.05, 3.63) is 42.2 Å². The van der Waals surface area contributed by atoms with Crippen LogP contribution in [0.3, 0.4) is 0 Å². The van der Waals surface area contributed by atoms with E-state index in [1.54, 1.807) is 23.4 Å². The van der Waals surface area contributed by atoms with E-state index in [0.717, 1.165) is 18.4 Å². The highest BCUT2D eigenvalue weighted by Gasteiger charge is 2.39. The maximum Gasteiger partial charge on any atom is 0.411 e. The second-order valence-electron chi connectivity index (χ2n) is 6.72. The number of carbonyl (C=O) groups excluding carboxylic acids is 2. The molecule has 6 nitrogen and oxygen atoms in total. The molecule has 1 aromatic rings. The Bertz CT molecular complexity index is 607. The third-order valence-electron chi connectivity index (χ3n) is 3.76. The van der Waals surface area contributed by atoms with E-state index in [1.165, 1.54) is 13.2 Å². The van der Waals surface area contributed by atoms with Gasteiger partial charge in [0.15, 0.2) is 0 Å². The van der Waals surface area contributed by atoms with Crippen LogP contribution in [0.2, 0.25) is 0 Å². The lowest BCUT2D eigenvalue weighted by atomic mass is 10.1. The van der Waals surface area contributed by atoms with Gasteiger partial charge in [0, 0.05) is 18.5 Å². The summed E-state index contributed by atoms with van der Waals surface area (Å²) in [5.41, 5.74) is 0.368. The van der Waals surface area contributed by atoms with Gasteiger partial charge in [-0.05, 0) is 45.2 Å². The summed E-state index contributed by atoms with van der Waals surface area (Å²) in [5, 5.41) is 0. The molecule has 0 radical (unpaired) electrons. The molecule has 24 heavy (non-hydrogen) atoms. The van der Waals surface area contributed by atoms with E-state index in [0.29, 0.717) is 0 Å². The summed E-state index contributed by atoms with van der Waals surface area (Å²) in [6.45, 7) is 5.50. The lowest BCUT2D eigenvalue weighted by Crippen LogP contribution is -2.40. The largest absolute Gasteiger partial charge is 0.466 e. The molecule has 1 aromatic heterocycles. The number of aromatic nitrogens is 1. The Morgan fingerprint density at radius 2 is 2.08 bits per heavy atom. The summed E-state index contributed by atoms with van der Waals surface area (Å²) in [4.78, 5) is 29.9. The topological polar surface area (TPSA) is 68.7 Å². The zero-order valence-electron chi connectivity index (χ0n) is 14.6. The Hall–Kier alpha value is -2.37. The highest BCUT2D eigenvalue weighted by molar-refractivity contribution is 5.82. The fraction of sp³-hybridized carbons (Fsp3) is 0.500. The van der Waals surface area contributed by atoms with Crippen LogP contribution in [0.5, 0.6) is 0 Å². The van der Waals surface area contributed by atoms with Gasteiger partial charge < -0.3 is 9.47 Å². The summed E-state index contributed by atoms with van der Waals surface area (Å²) >= 11 is 0. The second kappa shape index (κ2) is 7.47. The van der Waals surface area contributed by atoms with Gasteiger partial charge in [-0.2, -0.15) is 0 Å². The van der Waals surface area contributed by atoms with Crippen LogP contribution in [0.4, 0.5) is 4.79 Å². The predicted octanol–water partition coefficient (Wildman–Crippen LogP) is 3.25. The van der Waals surface area contributed by atoms with Crippen LogP contribution in [-0.2, 0) is 14.3 Å². The zero-order chi connectivity index (χ0) is 17.7. The van der Waals surface area contributed by atoms with Gasteiger partial charge in [-0.25, -0.2) is 9.59 Å². The molecule has 0 unspecified atom stereocenters. The van der Waals surface area contributed by atoms with Crippen LogP contribution in [0, 0.1) is 0 Å². The third kappa shape index (κ3) is 4.57. The van der Waals surface area contributed by atoms with E-state index < -0.39 is 17.7 Å². The number of carbonyl (C=O) groups is 2. The minimum Gasteiger partial charge on any atom is -0.466 e. The van der Waals surface area contributed by atoms with Crippen molar-refractivity contribution in [2.45, 2.75) is 51.3 Å².